The van der Waals surface area contributed by atoms with Gasteiger partial charge in [-0.3, -0.25) is 0 Å². The molecule has 0 unspecified atom stereocenters. The third-order valence-electron chi connectivity index (χ3n) is 2.83. The highest BCUT2D eigenvalue weighted by molar-refractivity contribution is 9.10. The van der Waals surface area contributed by atoms with Gasteiger partial charge in [0.05, 0.1) is 0 Å². The lowest BCUT2D eigenvalue weighted by Crippen LogP contribution is -2.23. The number of benzene rings is 1. The molecule has 1 heterocycles. The van der Waals surface area contributed by atoms with Crippen molar-refractivity contribution in [3.8, 4) is 0 Å². The summed E-state index contributed by atoms with van der Waals surface area (Å²) < 4.78 is 1.15. The van der Waals surface area contributed by atoms with Crippen molar-refractivity contribution in [1.29, 1.82) is 0 Å². The summed E-state index contributed by atoms with van der Waals surface area (Å²) in [5, 5.41) is 0. The van der Waals surface area contributed by atoms with Gasteiger partial charge in [0.2, 0.25) is 0 Å². The normalized spacial score (nSPS) is 17.8. The fourth-order valence-electron chi connectivity index (χ4n) is 1.74. The maximum Gasteiger partial charge on any atom is 0.0247 e. The minimum atomic E-state index is 1.07. The van der Waals surface area contributed by atoms with E-state index in [-0.39, 0.29) is 0 Å². The fraction of sp³-hybridized carbons (Fsp3) is 0.286. The zero-order chi connectivity index (χ0) is 11.4. The first-order chi connectivity index (χ1) is 7.75. The van der Waals surface area contributed by atoms with Crippen molar-refractivity contribution in [2.75, 3.05) is 20.1 Å². The Balaban J connectivity index is 2.07. The van der Waals surface area contributed by atoms with E-state index in [2.05, 4.69) is 64.3 Å². The summed E-state index contributed by atoms with van der Waals surface area (Å²) >= 11 is 3.55. The SMILES string of the molecule is CN1CC=C(/C=C/c2ccccc2Br)CC1. The van der Waals surface area contributed by atoms with Crippen LogP contribution in [-0.2, 0) is 0 Å². The molecule has 0 aromatic heterocycles. The van der Waals surface area contributed by atoms with Gasteiger partial charge in [-0.15, -0.1) is 0 Å². The van der Waals surface area contributed by atoms with Gasteiger partial charge in [-0.2, -0.15) is 0 Å². The standard InChI is InChI=1S/C14H16BrN/c1-16-10-8-12(9-11-16)6-7-13-4-2-3-5-14(13)15/h2-8H,9-11H2,1H3/b7-6+. The molecule has 1 aromatic carbocycles. The number of hydrogen-bond acceptors (Lipinski definition) is 1. The second kappa shape index (κ2) is 5.46. The van der Waals surface area contributed by atoms with E-state index in [1.165, 1.54) is 11.1 Å². The number of rotatable bonds is 2. The average molecular weight is 278 g/mol. The summed E-state index contributed by atoms with van der Waals surface area (Å²) in [6.45, 7) is 2.22. The molecule has 2 heteroatoms. The molecule has 0 N–H and O–H groups in total. The van der Waals surface area contributed by atoms with Gasteiger partial charge in [-0.25, -0.2) is 0 Å². The van der Waals surface area contributed by atoms with E-state index in [1.807, 2.05) is 6.07 Å². The monoisotopic (exact) mass is 277 g/mol. The summed E-state index contributed by atoms with van der Waals surface area (Å²) in [6, 6.07) is 8.29. The Kier molecular flexibility index (Phi) is 3.97. The van der Waals surface area contributed by atoms with Crippen LogP contribution in [0, 0.1) is 0 Å². The molecule has 0 aliphatic carbocycles. The summed E-state index contributed by atoms with van der Waals surface area (Å²) in [5.74, 6) is 0. The van der Waals surface area contributed by atoms with E-state index >= 15 is 0 Å². The summed E-state index contributed by atoms with van der Waals surface area (Å²) in [5.41, 5.74) is 2.68. The number of hydrogen-bond donors (Lipinski definition) is 0. The molecule has 0 amide bonds. The zero-order valence-electron chi connectivity index (χ0n) is 9.49. The van der Waals surface area contributed by atoms with Crippen LogP contribution in [0.15, 0.2) is 46.5 Å². The predicted octanol–water partition coefficient (Wildman–Crippen LogP) is 3.72. The van der Waals surface area contributed by atoms with Crippen LogP contribution in [0.25, 0.3) is 6.08 Å². The van der Waals surface area contributed by atoms with Crippen LogP contribution in [0.1, 0.15) is 12.0 Å². The molecule has 0 bridgehead atoms. The molecule has 2 rings (SSSR count). The molecule has 1 aliphatic heterocycles. The van der Waals surface area contributed by atoms with E-state index in [0.29, 0.717) is 0 Å². The molecule has 0 spiro atoms. The minimum Gasteiger partial charge on any atom is -0.302 e. The fourth-order valence-corrected chi connectivity index (χ4v) is 2.16. The van der Waals surface area contributed by atoms with E-state index in [9.17, 15) is 0 Å². The van der Waals surface area contributed by atoms with Gasteiger partial charge in [0.1, 0.15) is 0 Å². The third kappa shape index (κ3) is 3.06. The molecule has 16 heavy (non-hydrogen) atoms. The van der Waals surface area contributed by atoms with Crippen LogP contribution in [0.2, 0.25) is 0 Å². The molecule has 84 valence electrons. The largest absolute Gasteiger partial charge is 0.302 e. The molecule has 0 radical (unpaired) electrons. The van der Waals surface area contributed by atoms with Crippen LogP contribution >= 0.6 is 15.9 Å². The zero-order valence-corrected chi connectivity index (χ0v) is 11.1. The molecule has 1 nitrogen and oxygen atoms in total. The van der Waals surface area contributed by atoms with Crippen molar-refractivity contribution >= 4 is 22.0 Å². The lowest BCUT2D eigenvalue weighted by Gasteiger charge is -2.20. The lowest BCUT2D eigenvalue weighted by atomic mass is 10.1. The van der Waals surface area contributed by atoms with Gasteiger partial charge in [-0.05, 0) is 30.7 Å². The highest BCUT2D eigenvalue weighted by Crippen LogP contribution is 2.19. The van der Waals surface area contributed by atoms with Crippen LogP contribution in [0.4, 0.5) is 0 Å². The summed E-state index contributed by atoms with van der Waals surface area (Å²) in [4.78, 5) is 2.33. The second-order valence-corrected chi connectivity index (χ2v) is 5.00. The highest BCUT2D eigenvalue weighted by Gasteiger charge is 2.04. The van der Waals surface area contributed by atoms with Gasteiger partial charge < -0.3 is 4.90 Å². The molecule has 0 saturated carbocycles. The molecule has 0 saturated heterocycles. The van der Waals surface area contributed by atoms with E-state index in [4.69, 9.17) is 0 Å². The van der Waals surface area contributed by atoms with Crippen molar-refractivity contribution < 1.29 is 0 Å². The van der Waals surface area contributed by atoms with Crippen LogP contribution in [0.5, 0.6) is 0 Å². The molecule has 1 aromatic rings. The van der Waals surface area contributed by atoms with E-state index in [1.54, 1.807) is 0 Å². The first-order valence-electron chi connectivity index (χ1n) is 5.56. The van der Waals surface area contributed by atoms with Gasteiger partial charge in [0.15, 0.2) is 0 Å². The third-order valence-corrected chi connectivity index (χ3v) is 3.55. The minimum absolute atomic E-state index is 1.07. The number of allylic oxidation sites excluding steroid dienone is 1. The molecule has 1 aliphatic rings. The topological polar surface area (TPSA) is 3.24 Å². The summed E-state index contributed by atoms with van der Waals surface area (Å²) in [6.07, 6.45) is 7.86. The Morgan fingerprint density at radius 1 is 1.25 bits per heavy atom. The van der Waals surface area contributed by atoms with Gasteiger partial charge >= 0.3 is 0 Å². The Morgan fingerprint density at radius 3 is 2.75 bits per heavy atom. The van der Waals surface area contributed by atoms with E-state index < -0.39 is 0 Å². The van der Waals surface area contributed by atoms with Gasteiger partial charge in [-0.1, -0.05) is 52.4 Å². The smallest absolute Gasteiger partial charge is 0.0247 e. The average Bonchev–Trinajstić information content (AvgIpc) is 2.30. The van der Waals surface area contributed by atoms with Crippen molar-refractivity contribution in [1.82, 2.24) is 4.90 Å². The Morgan fingerprint density at radius 2 is 2.06 bits per heavy atom. The Hall–Kier alpha value is -0.860. The van der Waals surface area contributed by atoms with Gasteiger partial charge in [0, 0.05) is 17.6 Å². The van der Waals surface area contributed by atoms with Crippen molar-refractivity contribution in [2.24, 2.45) is 0 Å². The number of halogens is 1. The Bertz CT molecular complexity index is 420. The number of likely N-dealkylation sites (N-methyl/N-ethyl adjacent to an activating group) is 1. The maximum absolute atomic E-state index is 3.55. The van der Waals surface area contributed by atoms with Gasteiger partial charge in [0.25, 0.3) is 0 Å². The highest BCUT2D eigenvalue weighted by atomic mass is 79.9. The van der Waals surface area contributed by atoms with Crippen molar-refractivity contribution in [3.63, 3.8) is 0 Å². The molecule has 0 atom stereocenters. The number of nitrogens with zero attached hydrogens (tertiary/aromatic N) is 1. The van der Waals surface area contributed by atoms with E-state index in [0.717, 1.165) is 24.0 Å². The first-order valence-corrected chi connectivity index (χ1v) is 6.35. The van der Waals surface area contributed by atoms with Crippen molar-refractivity contribution in [2.45, 2.75) is 6.42 Å². The Labute approximate surface area is 106 Å². The molecule has 0 fully saturated rings. The van der Waals surface area contributed by atoms with Crippen LogP contribution < -0.4 is 0 Å². The van der Waals surface area contributed by atoms with Crippen LogP contribution in [-0.4, -0.2) is 25.0 Å². The maximum atomic E-state index is 3.55. The molecular weight excluding hydrogens is 262 g/mol. The summed E-state index contributed by atoms with van der Waals surface area (Å²) in [7, 11) is 2.16. The second-order valence-electron chi connectivity index (χ2n) is 4.15. The van der Waals surface area contributed by atoms with Crippen LogP contribution in [0.3, 0.4) is 0 Å². The molecular formula is C14H16BrN. The predicted molar refractivity (Wildman–Crippen MR) is 73.4 cm³/mol. The first kappa shape index (κ1) is 11.6. The lowest BCUT2D eigenvalue weighted by molar-refractivity contribution is 0.361. The quantitative estimate of drug-likeness (QED) is 0.797. The van der Waals surface area contributed by atoms with Crippen molar-refractivity contribution in [3.05, 3.63) is 52.0 Å².